The van der Waals surface area contributed by atoms with Crippen LogP contribution >= 0.6 is 34.7 Å². The van der Waals surface area contributed by atoms with Crippen molar-refractivity contribution < 1.29 is 9.72 Å². The zero-order valence-corrected chi connectivity index (χ0v) is 18.9. The van der Waals surface area contributed by atoms with Crippen molar-refractivity contribution in [2.24, 2.45) is 7.05 Å². The molecule has 4 aromatic rings. The third kappa shape index (κ3) is 5.13. The van der Waals surface area contributed by atoms with Crippen molar-refractivity contribution >= 4 is 51.4 Å². The van der Waals surface area contributed by atoms with Crippen molar-refractivity contribution in [3.8, 4) is 0 Å². The van der Waals surface area contributed by atoms with E-state index in [1.807, 2.05) is 24.3 Å². The Labute approximate surface area is 195 Å². The van der Waals surface area contributed by atoms with Gasteiger partial charge in [-0.25, -0.2) is 4.98 Å². The smallest absolute Gasteiger partial charge is 0.284 e. The highest BCUT2D eigenvalue weighted by molar-refractivity contribution is 7.99. The maximum absolute atomic E-state index is 12.7. The topological polar surface area (TPSA) is 116 Å². The molecule has 162 valence electrons. The Bertz CT molecular complexity index is 1290. The van der Waals surface area contributed by atoms with Gasteiger partial charge in [0, 0.05) is 41.2 Å². The Balaban J connectivity index is 1.48. The number of hydrogen-bond donors (Lipinski definition) is 1. The van der Waals surface area contributed by atoms with Crippen LogP contribution in [0.25, 0.3) is 0 Å². The van der Waals surface area contributed by atoms with Gasteiger partial charge in [0.05, 0.1) is 9.82 Å². The van der Waals surface area contributed by atoms with Crippen molar-refractivity contribution in [1.29, 1.82) is 0 Å². The third-order valence-corrected chi connectivity index (χ3v) is 6.64. The van der Waals surface area contributed by atoms with E-state index in [0.29, 0.717) is 26.6 Å². The number of amides is 1. The van der Waals surface area contributed by atoms with E-state index in [-0.39, 0.29) is 11.3 Å². The Morgan fingerprint density at radius 3 is 2.75 bits per heavy atom. The second-order valence-corrected chi connectivity index (χ2v) is 9.22. The van der Waals surface area contributed by atoms with E-state index in [1.165, 1.54) is 35.9 Å². The number of nitrogens with one attached hydrogen (secondary N) is 1. The SMILES string of the molecule is Cn1cnnc1Sc1ccc(C(=O)Nc2ncc(Cc3ccc(Cl)cc3)s2)cc1[N+](=O)[O-]. The number of aromatic nitrogens is 4. The molecule has 2 heterocycles. The number of rotatable bonds is 7. The molecular weight excluding hydrogens is 472 g/mol. The van der Waals surface area contributed by atoms with Crippen molar-refractivity contribution in [3.63, 3.8) is 0 Å². The molecule has 32 heavy (non-hydrogen) atoms. The molecule has 9 nitrogen and oxygen atoms in total. The predicted octanol–water partition coefficient (Wildman–Crippen LogP) is 4.83. The molecule has 1 amide bonds. The van der Waals surface area contributed by atoms with Gasteiger partial charge in [0.1, 0.15) is 6.33 Å². The van der Waals surface area contributed by atoms with Gasteiger partial charge in [-0.1, -0.05) is 23.7 Å². The van der Waals surface area contributed by atoms with Crippen LogP contribution in [-0.4, -0.2) is 30.6 Å². The Hall–Kier alpha value is -3.28. The number of nitro benzene ring substituents is 1. The van der Waals surface area contributed by atoms with Crippen LogP contribution in [-0.2, 0) is 13.5 Å². The third-order valence-electron chi connectivity index (χ3n) is 4.35. The first-order chi connectivity index (χ1) is 15.4. The lowest BCUT2D eigenvalue weighted by atomic mass is 10.1. The summed E-state index contributed by atoms with van der Waals surface area (Å²) in [5.41, 5.74) is 1.05. The largest absolute Gasteiger partial charge is 0.311 e. The monoisotopic (exact) mass is 486 g/mol. The highest BCUT2D eigenvalue weighted by Crippen LogP contribution is 2.34. The normalized spacial score (nSPS) is 10.8. The molecule has 0 saturated carbocycles. The molecule has 4 rings (SSSR count). The zero-order chi connectivity index (χ0) is 22.7. The zero-order valence-electron chi connectivity index (χ0n) is 16.6. The van der Waals surface area contributed by atoms with E-state index in [4.69, 9.17) is 11.6 Å². The first-order valence-corrected chi connectivity index (χ1v) is 11.2. The Morgan fingerprint density at radius 2 is 2.06 bits per heavy atom. The van der Waals surface area contributed by atoms with E-state index < -0.39 is 10.8 Å². The minimum atomic E-state index is -0.525. The maximum atomic E-state index is 12.7. The van der Waals surface area contributed by atoms with Gasteiger partial charge in [0.2, 0.25) is 0 Å². The number of anilines is 1. The number of halogens is 1. The highest BCUT2D eigenvalue weighted by Gasteiger charge is 2.20. The number of carbonyl (C=O) groups is 1. The fourth-order valence-electron chi connectivity index (χ4n) is 2.77. The standard InChI is InChI=1S/C20H15ClN6O3S2/c1-26-11-23-25-20(26)32-17-7-4-13(9-16(17)27(29)30)18(28)24-19-22-10-15(31-19)8-12-2-5-14(21)6-3-12/h2-7,9-11H,8H2,1H3,(H,22,24,28). The van der Waals surface area contributed by atoms with Gasteiger partial charge in [-0.3, -0.25) is 20.2 Å². The van der Waals surface area contributed by atoms with Gasteiger partial charge >= 0.3 is 0 Å². The summed E-state index contributed by atoms with van der Waals surface area (Å²) in [5.74, 6) is -0.476. The molecule has 2 aromatic carbocycles. The van der Waals surface area contributed by atoms with Crippen LogP contribution in [0.2, 0.25) is 5.02 Å². The Kier molecular flexibility index (Phi) is 6.49. The second-order valence-electron chi connectivity index (χ2n) is 6.66. The molecule has 0 radical (unpaired) electrons. The van der Waals surface area contributed by atoms with Crippen LogP contribution in [0, 0.1) is 10.1 Å². The van der Waals surface area contributed by atoms with Crippen LogP contribution in [0.3, 0.4) is 0 Å². The fourth-order valence-corrected chi connectivity index (χ4v) is 4.59. The molecule has 0 aliphatic heterocycles. The van der Waals surface area contributed by atoms with Gasteiger partial charge in [-0.2, -0.15) is 0 Å². The van der Waals surface area contributed by atoms with Gasteiger partial charge in [0.15, 0.2) is 10.3 Å². The molecule has 12 heteroatoms. The number of benzene rings is 2. The number of aryl methyl sites for hydroxylation is 1. The van der Waals surface area contributed by atoms with Crippen molar-refractivity contribution in [2.45, 2.75) is 16.5 Å². The van der Waals surface area contributed by atoms with Crippen LogP contribution in [0.1, 0.15) is 20.8 Å². The van der Waals surface area contributed by atoms with Gasteiger partial charge in [-0.05, 0) is 41.6 Å². The number of nitro groups is 1. The van der Waals surface area contributed by atoms with Gasteiger partial charge in [0.25, 0.3) is 11.6 Å². The minimum Gasteiger partial charge on any atom is -0.311 e. The first-order valence-electron chi connectivity index (χ1n) is 9.20. The summed E-state index contributed by atoms with van der Waals surface area (Å²) in [6.07, 6.45) is 3.85. The molecule has 0 saturated heterocycles. The summed E-state index contributed by atoms with van der Waals surface area (Å²) in [7, 11) is 1.74. The van der Waals surface area contributed by atoms with Gasteiger partial charge < -0.3 is 4.57 Å². The average Bonchev–Trinajstić information content (AvgIpc) is 3.38. The number of nitrogens with zero attached hydrogens (tertiary/aromatic N) is 5. The van der Waals surface area contributed by atoms with Crippen molar-refractivity contribution in [3.05, 3.63) is 86.1 Å². The van der Waals surface area contributed by atoms with E-state index in [0.717, 1.165) is 22.2 Å². The lowest BCUT2D eigenvalue weighted by Crippen LogP contribution is -2.12. The first kappa shape index (κ1) is 21.9. The van der Waals surface area contributed by atoms with E-state index in [2.05, 4.69) is 20.5 Å². The lowest BCUT2D eigenvalue weighted by Gasteiger charge is -2.05. The average molecular weight is 487 g/mol. The fraction of sp³-hybridized carbons (Fsp3) is 0.100. The van der Waals surface area contributed by atoms with Crippen LogP contribution in [0.5, 0.6) is 0 Å². The summed E-state index contributed by atoms with van der Waals surface area (Å²) in [6.45, 7) is 0. The number of thiazole rings is 1. The molecule has 0 aliphatic rings. The van der Waals surface area contributed by atoms with Crippen LogP contribution < -0.4 is 5.32 Å². The van der Waals surface area contributed by atoms with Crippen LogP contribution in [0.4, 0.5) is 10.8 Å². The summed E-state index contributed by atoms with van der Waals surface area (Å²) in [4.78, 5) is 29.3. The summed E-state index contributed by atoms with van der Waals surface area (Å²) in [5, 5.41) is 23.5. The summed E-state index contributed by atoms with van der Waals surface area (Å²) >= 11 is 8.35. The summed E-state index contributed by atoms with van der Waals surface area (Å²) < 4.78 is 1.65. The molecule has 2 aromatic heterocycles. The van der Waals surface area contributed by atoms with Crippen molar-refractivity contribution in [2.75, 3.05) is 5.32 Å². The molecule has 0 spiro atoms. The molecule has 0 fully saturated rings. The summed E-state index contributed by atoms with van der Waals surface area (Å²) in [6, 6.07) is 11.8. The number of carbonyl (C=O) groups excluding carboxylic acids is 1. The van der Waals surface area contributed by atoms with E-state index in [1.54, 1.807) is 17.8 Å². The molecule has 0 bridgehead atoms. The molecule has 0 unspecified atom stereocenters. The quantitative estimate of drug-likeness (QED) is 0.294. The van der Waals surface area contributed by atoms with E-state index >= 15 is 0 Å². The van der Waals surface area contributed by atoms with E-state index in [9.17, 15) is 14.9 Å². The second kappa shape index (κ2) is 9.47. The molecule has 1 N–H and O–H groups in total. The molecule has 0 atom stereocenters. The van der Waals surface area contributed by atoms with Gasteiger partial charge in [-0.15, -0.1) is 21.5 Å². The van der Waals surface area contributed by atoms with Crippen LogP contribution in [0.15, 0.2) is 65.0 Å². The molecular formula is C20H15ClN6O3S2. The maximum Gasteiger partial charge on any atom is 0.284 e. The molecule has 0 aliphatic carbocycles. The predicted molar refractivity (Wildman–Crippen MR) is 123 cm³/mol. The minimum absolute atomic E-state index is 0.161. The number of hydrogen-bond acceptors (Lipinski definition) is 8. The lowest BCUT2D eigenvalue weighted by molar-refractivity contribution is -0.387. The highest BCUT2D eigenvalue weighted by atomic mass is 35.5. The van der Waals surface area contributed by atoms with Crippen molar-refractivity contribution in [1.82, 2.24) is 19.7 Å². The Morgan fingerprint density at radius 1 is 1.28 bits per heavy atom.